The molecule has 0 aliphatic rings. The smallest absolute Gasteiger partial charge is 0.0716 e. The summed E-state index contributed by atoms with van der Waals surface area (Å²) in [6.45, 7) is 7.48. The molecule has 0 saturated heterocycles. The zero-order chi connectivity index (χ0) is 10.2. The van der Waals surface area contributed by atoms with Crippen molar-refractivity contribution in [3.05, 3.63) is 42.3 Å². The fraction of sp³-hybridized carbons (Fsp3) is 0.462. The van der Waals surface area contributed by atoms with E-state index in [-0.39, 0.29) is 0 Å². The minimum Gasteiger partial charge on any atom is -0.377 e. The van der Waals surface area contributed by atoms with E-state index >= 15 is 0 Å². The maximum atomic E-state index is 5.53. The summed E-state index contributed by atoms with van der Waals surface area (Å²) < 4.78 is 5.53. The first-order chi connectivity index (χ1) is 6.83. The molecule has 77 valence electrons. The van der Waals surface area contributed by atoms with Gasteiger partial charge < -0.3 is 4.74 Å². The predicted octanol–water partition coefficient (Wildman–Crippen LogP) is 3.52. The Morgan fingerprint density at radius 3 is 2.50 bits per heavy atom. The van der Waals surface area contributed by atoms with E-state index < -0.39 is 0 Å². The van der Waals surface area contributed by atoms with Crippen molar-refractivity contribution in [3.8, 4) is 0 Å². The quantitative estimate of drug-likeness (QED) is 0.625. The Morgan fingerprint density at radius 2 is 1.86 bits per heavy atom. The summed E-state index contributed by atoms with van der Waals surface area (Å²) in [5.74, 6) is 0. The third kappa shape index (κ3) is 4.43. The summed E-state index contributed by atoms with van der Waals surface area (Å²) in [5, 5.41) is 0. The lowest BCUT2D eigenvalue weighted by molar-refractivity contribution is 0.117. The highest BCUT2D eigenvalue weighted by molar-refractivity contribution is 5.20. The van der Waals surface area contributed by atoms with Gasteiger partial charge in [0.25, 0.3) is 0 Å². The second kappa shape index (κ2) is 6.61. The predicted molar refractivity (Wildman–Crippen MR) is 60.0 cm³/mol. The van der Waals surface area contributed by atoms with E-state index in [4.69, 9.17) is 4.74 Å². The Morgan fingerprint density at radius 1 is 1.14 bits per heavy atom. The van der Waals surface area contributed by atoms with E-state index in [1.54, 1.807) is 0 Å². The van der Waals surface area contributed by atoms with E-state index in [2.05, 4.69) is 38.1 Å². The van der Waals surface area contributed by atoms with E-state index in [9.17, 15) is 0 Å². The number of rotatable bonds is 6. The zero-order valence-corrected chi connectivity index (χ0v) is 8.96. The average Bonchev–Trinajstić information content (AvgIpc) is 2.21. The zero-order valence-electron chi connectivity index (χ0n) is 8.96. The van der Waals surface area contributed by atoms with Crippen molar-refractivity contribution in [1.29, 1.82) is 0 Å². The Kier molecular flexibility index (Phi) is 5.31. The van der Waals surface area contributed by atoms with Crippen LogP contribution >= 0.6 is 0 Å². The molecule has 0 fully saturated rings. The molecule has 14 heavy (non-hydrogen) atoms. The highest BCUT2D eigenvalue weighted by Gasteiger charge is 1.92. The summed E-state index contributed by atoms with van der Waals surface area (Å²) in [6, 6.07) is 8.48. The number of hydrogen-bond acceptors (Lipinski definition) is 1. The topological polar surface area (TPSA) is 9.23 Å². The van der Waals surface area contributed by atoms with Gasteiger partial charge in [-0.2, -0.15) is 0 Å². The van der Waals surface area contributed by atoms with Crippen LogP contribution in [0.15, 0.2) is 24.3 Å². The van der Waals surface area contributed by atoms with E-state index in [1.807, 2.05) is 0 Å². The number of ether oxygens (including phenoxy) is 1. The molecule has 0 saturated carbocycles. The molecule has 1 rings (SSSR count). The Bertz CT molecular complexity index is 238. The molecule has 0 heterocycles. The standard InChI is InChI=1S/C13H19O/c1-3-4-5-10-14-11-13-8-6-12(2)7-9-13/h6-9H,1,3-5,10-11H2,2H3. The summed E-state index contributed by atoms with van der Waals surface area (Å²) in [6.07, 6.45) is 3.29. The maximum Gasteiger partial charge on any atom is 0.0716 e. The van der Waals surface area contributed by atoms with Crippen LogP contribution in [0.25, 0.3) is 0 Å². The first-order valence-electron chi connectivity index (χ1n) is 5.25. The van der Waals surface area contributed by atoms with Crippen molar-refractivity contribution >= 4 is 0 Å². The van der Waals surface area contributed by atoms with Crippen LogP contribution < -0.4 is 0 Å². The highest BCUT2D eigenvalue weighted by atomic mass is 16.5. The summed E-state index contributed by atoms with van der Waals surface area (Å²) in [7, 11) is 0. The molecule has 0 bridgehead atoms. The largest absolute Gasteiger partial charge is 0.377 e. The van der Waals surface area contributed by atoms with Crippen molar-refractivity contribution in [1.82, 2.24) is 0 Å². The lowest BCUT2D eigenvalue weighted by Gasteiger charge is -2.03. The lowest BCUT2D eigenvalue weighted by Crippen LogP contribution is -1.95. The third-order valence-electron chi connectivity index (χ3n) is 2.18. The summed E-state index contributed by atoms with van der Waals surface area (Å²) in [5.41, 5.74) is 2.55. The number of aryl methyl sites for hydroxylation is 1. The molecule has 1 heteroatoms. The van der Waals surface area contributed by atoms with Crippen LogP contribution in [0.4, 0.5) is 0 Å². The number of hydrogen-bond donors (Lipinski definition) is 0. The molecule has 0 unspecified atom stereocenters. The molecule has 0 amide bonds. The van der Waals surface area contributed by atoms with E-state index in [0.29, 0.717) is 0 Å². The molecule has 0 aromatic heterocycles. The van der Waals surface area contributed by atoms with Gasteiger partial charge in [0, 0.05) is 6.61 Å². The van der Waals surface area contributed by atoms with Crippen LogP contribution in [-0.4, -0.2) is 6.61 Å². The van der Waals surface area contributed by atoms with Crippen molar-refractivity contribution in [3.63, 3.8) is 0 Å². The second-order valence-electron chi connectivity index (χ2n) is 3.60. The van der Waals surface area contributed by atoms with Crippen LogP contribution in [0.5, 0.6) is 0 Å². The summed E-state index contributed by atoms with van der Waals surface area (Å²) >= 11 is 0. The molecule has 1 aromatic rings. The molecular weight excluding hydrogens is 172 g/mol. The first kappa shape index (κ1) is 11.3. The third-order valence-corrected chi connectivity index (χ3v) is 2.18. The number of benzene rings is 1. The summed E-state index contributed by atoms with van der Waals surface area (Å²) in [4.78, 5) is 0. The van der Waals surface area contributed by atoms with Crippen molar-refractivity contribution < 1.29 is 4.74 Å². The molecule has 0 atom stereocenters. The Labute approximate surface area is 87.1 Å². The van der Waals surface area contributed by atoms with E-state index in [1.165, 1.54) is 11.1 Å². The van der Waals surface area contributed by atoms with Crippen molar-refractivity contribution in [2.45, 2.75) is 32.8 Å². The van der Waals surface area contributed by atoms with Crippen molar-refractivity contribution in [2.24, 2.45) is 0 Å². The maximum absolute atomic E-state index is 5.53. The molecule has 1 radical (unpaired) electrons. The number of unbranched alkanes of at least 4 members (excludes halogenated alkanes) is 2. The van der Waals surface area contributed by atoms with Gasteiger partial charge in [-0.25, -0.2) is 0 Å². The van der Waals surface area contributed by atoms with Crippen LogP contribution in [0.3, 0.4) is 0 Å². The average molecular weight is 191 g/mol. The Hall–Kier alpha value is -0.820. The first-order valence-corrected chi connectivity index (χ1v) is 5.25. The van der Waals surface area contributed by atoms with Gasteiger partial charge in [-0.3, -0.25) is 0 Å². The fourth-order valence-corrected chi connectivity index (χ4v) is 1.26. The molecule has 0 N–H and O–H groups in total. The van der Waals surface area contributed by atoms with Crippen LogP contribution in [0, 0.1) is 13.8 Å². The van der Waals surface area contributed by atoms with Gasteiger partial charge >= 0.3 is 0 Å². The molecule has 0 aliphatic heterocycles. The molecule has 1 nitrogen and oxygen atoms in total. The fourth-order valence-electron chi connectivity index (χ4n) is 1.26. The van der Waals surface area contributed by atoms with Crippen LogP contribution in [-0.2, 0) is 11.3 Å². The highest BCUT2D eigenvalue weighted by Crippen LogP contribution is 2.05. The normalized spacial score (nSPS) is 10.4. The SMILES string of the molecule is [CH2]CCCCOCc1ccc(C)cc1. The molecule has 0 aliphatic carbocycles. The second-order valence-corrected chi connectivity index (χ2v) is 3.60. The van der Waals surface area contributed by atoms with Gasteiger partial charge in [0.05, 0.1) is 6.61 Å². The minimum absolute atomic E-state index is 0.734. The van der Waals surface area contributed by atoms with E-state index in [0.717, 1.165) is 32.5 Å². The van der Waals surface area contributed by atoms with Crippen molar-refractivity contribution in [2.75, 3.05) is 6.61 Å². The monoisotopic (exact) mass is 191 g/mol. The molecule has 1 aromatic carbocycles. The van der Waals surface area contributed by atoms with Gasteiger partial charge in [-0.05, 0) is 18.9 Å². The van der Waals surface area contributed by atoms with Crippen LogP contribution in [0.2, 0.25) is 0 Å². The lowest BCUT2D eigenvalue weighted by atomic mass is 10.2. The van der Waals surface area contributed by atoms with Gasteiger partial charge in [0.1, 0.15) is 0 Å². The van der Waals surface area contributed by atoms with Gasteiger partial charge in [0.15, 0.2) is 0 Å². The van der Waals surface area contributed by atoms with Gasteiger partial charge in [-0.1, -0.05) is 49.6 Å². The minimum atomic E-state index is 0.734. The van der Waals surface area contributed by atoms with Crippen LogP contribution in [0.1, 0.15) is 30.4 Å². The van der Waals surface area contributed by atoms with Gasteiger partial charge in [-0.15, -0.1) is 0 Å². The van der Waals surface area contributed by atoms with Gasteiger partial charge in [0.2, 0.25) is 0 Å². The molecular formula is C13H19O. The molecule has 0 spiro atoms. The Balaban J connectivity index is 2.15.